The average molecular weight is 347 g/mol. The molecule has 2 rings (SSSR count). The number of nitrogens with one attached hydrogen (secondary N) is 1. The maximum atomic E-state index is 14.0. The fraction of sp³-hybridized carbons (Fsp3) is 0.250. The Hall–Kier alpha value is -2.35. The molecule has 0 saturated carbocycles. The molecule has 130 valence electrons. The van der Waals surface area contributed by atoms with Gasteiger partial charge in [0.2, 0.25) is 0 Å². The number of benzene rings is 2. The van der Waals surface area contributed by atoms with E-state index in [1.807, 2.05) is 0 Å². The van der Waals surface area contributed by atoms with Crippen LogP contribution in [-0.2, 0) is 6.11 Å². The van der Waals surface area contributed by atoms with Crippen molar-refractivity contribution in [1.29, 1.82) is 0 Å². The highest BCUT2D eigenvalue weighted by Gasteiger charge is 2.38. The zero-order valence-electron chi connectivity index (χ0n) is 12.2. The summed E-state index contributed by atoms with van der Waals surface area (Å²) >= 11 is 0. The molecule has 0 amide bonds. The summed E-state index contributed by atoms with van der Waals surface area (Å²) in [5, 5.41) is 11.2. The summed E-state index contributed by atoms with van der Waals surface area (Å²) in [6.45, 7) is -0.804. The molecule has 1 atom stereocenters. The number of hydrogen-bond acceptors (Lipinski definition) is 3. The minimum Gasteiger partial charge on any atom is -0.429 e. The molecular weight excluding hydrogens is 333 g/mol. The van der Waals surface area contributed by atoms with Crippen molar-refractivity contribution in [3.8, 4) is 5.75 Å². The Balaban J connectivity index is 2.05. The van der Waals surface area contributed by atoms with Crippen molar-refractivity contribution >= 4 is 5.69 Å². The zero-order chi connectivity index (χ0) is 17.8. The predicted molar refractivity (Wildman–Crippen MR) is 78.0 cm³/mol. The van der Waals surface area contributed by atoms with Gasteiger partial charge in [-0.2, -0.15) is 22.0 Å². The Bertz CT molecular complexity index is 661. The number of aliphatic hydroxyl groups is 1. The summed E-state index contributed by atoms with van der Waals surface area (Å²) in [4.78, 5) is 0. The van der Waals surface area contributed by atoms with Gasteiger partial charge in [0.05, 0.1) is 5.56 Å². The van der Waals surface area contributed by atoms with Crippen molar-refractivity contribution in [2.45, 2.75) is 18.4 Å². The van der Waals surface area contributed by atoms with Gasteiger partial charge in [-0.25, -0.2) is 0 Å². The van der Waals surface area contributed by atoms with Crippen LogP contribution in [0.3, 0.4) is 0 Å². The van der Waals surface area contributed by atoms with Crippen LogP contribution in [0, 0.1) is 0 Å². The summed E-state index contributed by atoms with van der Waals surface area (Å²) in [7, 11) is 0. The maximum Gasteiger partial charge on any atom is 0.426 e. The molecule has 0 fully saturated rings. The molecule has 0 aliphatic rings. The minimum atomic E-state index is -4.76. The van der Waals surface area contributed by atoms with Crippen molar-refractivity contribution in [3.05, 3.63) is 60.2 Å². The first-order valence-electron chi connectivity index (χ1n) is 6.89. The molecule has 3 nitrogen and oxygen atoms in total. The molecular formula is C16H14F5NO2. The van der Waals surface area contributed by atoms with Gasteiger partial charge in [-0.3, -0.25) is 0 Å². The molecule has 2 aromatic carbocycles. The van der Waals surface area contributed by atoms with Gasteiger partial charge < -0.3 is 15.2 Å². The Morgan fingerprint density at radius 1 is 0.958 bits per heavy atom. The summed E-state index contributed by atoms with van der Waals surface area (Å²) < 4.78 is 69.4. The fourth-order valence-corrected chi connectivity index (χ4v) is 1.84. The predicted octanol–water partition coefficient (Wildman–Crippen LogP) is 4.15. The Morgan fingerprint density at radius 2 is 1.62 bits per heavy atom. The van der Waals surface area contributed by atoms with Crippen LogP contribution in [0.15, 0.2) is 54.6 Å². The zero-order valence-corrected chi connectivity index (χ0v) is 12.2. The van der Waals surface area contributed by atoms with Gasteiger partial charge >= 0.3 is 12.3 Å². The minimum absolute atomic E-state index is 0.111. The molecule has 0 radical (unpaired) electrons. The van der Waals surface area contributed by atoms with Crippen molar-refractivity contribution in [3.63, 3.8) is 0 Å². The number of rotatable bonds is 6. The highest BCUT2D eigenvalue weighted by atomic mass is 19.4. The smallest absolute Gasteiger partial charge is 0.426 e. The van der Waals surface area contributed by atoms with Crippen LogP contribution in [0.1, 0.15) is 5.56 Å². The van der Waals surface area contributed by atoms with Crippen LogP contribution in [0.5, 0.6) is 5.75 Å². The second-order valence-corrected chi connectivity index (χ2v) is 4.95. The van der Waals surface area contributed by atoms with Gasteiger partial charge in [0.15, 0.2) is 6.10 Å². The first-order valence-corrected chi connectivity index (χ1v) is 6.89. The van der Waals surface area contributed by atoms with E-state index < -0.39 is 24.9 Å². The van der Waals surface area contributed by atoms with Crippen molar-refractivity contribution in [2.75, 3.05) is 11.9 Å². The summed E-state index contributed by atoms with van der Waals surface area (Å²) in [6, 6.07) is 11.9. The molecule has 0 aromatic heterocycles. The molecule has 24 heavy (non-hydrogen) atoms. The van der Waals surface area contributed by atoms with Crippen LogP contribution in [0.4, 0.5) is 27.6 Å². The molecule has 0 aliphatic carbocycles. The van der Waals surface area contributed by atoms with E-state index in [9.17, 15) is 22.0 Å². The monoisotopic (exact) mass is 347 g/mol. The first-order chi connectivity index (χ1) is 11.2. The number of hydrogen-bond donors (Lipinski definition) is 2. The van der Waals surface area contributed by atoms with Gasteiger partial charge in [-0.15, -0.1) is 0 Å². The normalized spacial score (nSPS) is 13.4. The van der Waals surface area contributed by atoms with Crippen molar-refractivity contribution in [2.24, 2.45) is 0 Å². The van der Waals surface area contributed by atoms with Gasteiger partial charge in [-0.05, 0) is 24.3 Å². The number of ether oxygens (including phenoxy) is 1. The van der Waals surface area contributed by atoms with Crippen LogP contribution in [0.2, 0.25) is 0 Å². The van der Waals surface area contributed by atoms with Crippen molar-refractivity contribution < 1.29 is 31.8 Å². The van der Waals surface area contributed by atoms with E-state index in [4.69, 9.17) is 5.11 Å². The highest BCUT2D eigenvalue weighted by molar-refractivity contribution is 5.48. The number of alkyl halides is 5. The van der Waals surface area contributed by atoms with Crippen LogP contribution in [-0.4, -0.2) is 23.9 Å². The second-order valence-electron chi connectivity index (χ2n) is 4.95. The Labute approximate surface area is 134 Å². The van der Waals surface area contributed by atoms with E-state index in [1.54, 1.807) is 6.07 Å². The van der Waals surface area contributed by atoms with Crippen LogP contribution in [0.25, 0.3) is 0 Å². The quantitative estimate of drug-likeness (QED) is 0.772. The largest absolute Gasteiger partial charge is 0.429 e. The summed E-state index contributed by atoms with van der Waals surface area (Å²) in [6.07, 6.45) is -10.9. The lowest BCUT2D eigenvalue weighted by atomic mass is 10.2. The molecule has 8 heteroatoms. The molecule has 0 aliphatic heterocycles. The van der Waals surface area contributed by atoms with E-state index in [-0.39, 0.29) is 17.0 Å². The molecule has 0 bridgehead atoms. The average Bonchev–Trinajstić information content (AvgIpc) is 2.52. The van der Waals surface area contributed by atoms with Crippen molar-refractivity contribution in [1.82, 2.24) is 0 Å². The lowest BCUT2D eigenvalue weighted by Gasteiger charge is -2.19. The highest BCUT2D eigenvalue weighted by Crippen LogP contribution is 2.32. The molecule has 0 spiro atoms. The number of halogens is 5. The molecule has 0 heterocycles. The Morgan fingerprint density at radius 3 is 2.25 bits per heavy atom. The van der Waals surface area contributed by atoms with E-state index >= 15 is 0 Å². The lowest BCUT2D eigenvalue weighted by Crippen LogP contribution is -2.35. The maximum absolute atomic E-state index is 14.0. The lowest BCUT2D eigenvalue weighted by molar-refractivity contribution is -0.198. The third-order valence-corrected chi connectivity index (χ3v) is 3.07. The van der Waals surface area contributed by atoms with Gasteiger partial charge in [0, 0.05) is 18.3 Å². The molecule has 0 saturated heterocycles. The molecule has 1 unspecified atom stereocenters. The van der Waals surface area contributed by atoms with Crippen LogP contribution < -0.4 is 10.1 Å². The van der Waals surface area contributed by atoms with E-state index in [1.165, 1.54) is 42.5 Å². The Kier molecular flexibility index (Phi) is 5.28. The van der Waals surface area contributed by atoms with E-state index in [0.717, 1.165) is 6.07 Å². The topological polar surface area (TPSA) is 41.5 Å². The molecule has 2 N–H and O–H groups in total. The first kappa shape index (κ1) is 18.0. The fourth-order valence-electron chi connectivity index (χ4n) is 1.84. The third-order valence-electron chi connectivity index (χ3n) is 3.07. The third kappa shape index (κ3) is 4.82. The van der Waals surface area contributed by atoms with Gasteiger partial charge in [0.25, 0.3) is 0 Å². The molecule has 2 aromatic rings. The standard InChI is InChI=1S/C16H14F5NO2/c17-15(18,19)14(23)10-22-12-7-4-8-13(9-12)24-16(20,21)11-5-2-1-3-6-11/h1-9,14,22-23H,10H2. The second kappa shape index (κ2) is 7.04. The SMILES string of the molecule is OC(CNc1cccc(OC(F)(F)c2ccccc2)c1)C(F)(F)F. The van der Waals surface area contributed by atoms with E-state index in [0.29, 0.717) is 0 Å². The van der Waals surface area contributed by atoms with Gasteiger partial charge in [0.1, 0.15) is 5.75 Å². The number of aliphatic hydroxyl groups excluding tert-OH is 1. The van der Waals surface area contributed by atoms with Gasteiger partial charge in [-0.1, -0.05) is 24.3 Å². The van der Waals surface area contributed by atoms with Crippen LogP contribution >= 0.6 is 0 Å². The van der Waals surface area contributed by atoms with E-state index in [2.05, 4.69) is 10.1 Å². The summed E-state index contributed by atoms with van der Waals surface area (Å²) in [5.41, 5.74) is -0.240. The number of anilines is 1. The summed E-state index contributed by atoms with van der Waals surface area (Å²) in [5.74, 6) is -0.227.